The molecule has 0 spiro atoms. The van der Waals surface area contributed by atoms with Gasteiger partial charge in [0.05, 0.1) is 17.9 Å². The Balaban J connectivity index is 1.10. The maximum Gasteiger partial charge on any atom is 0.272 e. The van der Waals surface area contributed by atoms with Gasteiger partial charge in [0, 0.05) is 76.4 Å². The number of carbonyl (C=O) groups excluding carboxylic acids is 2. The van der Waals surface area contributed by atoms with Crippen LogP contribution in [0.1, 0.15) is 65.1 Å². The first-order valence-electron chi connectivity index (χ1n) is 16.1. The molecule has 2 fully saturated rings. The lowest BCUT2D eigenvalue weighted by Gasteiger charge is -2.43. The number of thioether (sulfide) groups is 1. The van der Waals surface area contributed by atoms with E-state index < -0.39 is 6.10 Å². The van der Waals surface area contributed by atoms with E-state index in [4.69, 9.17) is 4.98 Å². The summed E-state index contributed by atoms with van der Waals surface area (Å²) in [5.74, 6) is 1.74. The summed E-state index contributed by atoms with van der Waals surface area (Å²) in [6, 6.07) is 10.4. The predicted molar refractivity (Wildman–Crippen MR) is 174 cm³/mol. The predicted octanol–water partition coefficient (Wildman–Crippen LogP) is 3.31. The minimum absolute atomic E-state index is 0.0000910. The number of amides is 2. The number of rotatable bonds is 8. The number of aromatic nitrogens is 4. The van der Waals surface area contributed by atoms with Crippen LogP contribution >= 0.6 is 11.8 Å². The van der Waals surface area contributed by atoms with Crippen LogP contribution < -0.4 is 5.32 Å². The molecule has 2 N–H and O–H groups in total. The molecule has 3 aliphatic rings. The zero-order valence-corrected chi connectivity index (χ0v) is 27.2. The van der Waals surface area contributed by atoms with Gasteiger partial charge < -0.3 is 20.2 Å². The highest BCUT2D eigenvalue weighted by Gasteiger charge is 2.36. The molecule has 1 aromatic carbocycles. The van der Waals surface area contributed by atoms with Gasteiger partial charge >= 0.3 is 0 Å². The van der Waals surface area contributed by atoms with Crippen LogP contribution in [0.5, 0.6) is 0 Å². The van der Waals surface area contributed by atoms with Gasteiger partial charge in [-0.05, 0) is 42.7 Å². The van der Waals surface area contributed by atoms with E-state index in [1.807, 2.05) is 4.90 Å². The molecule has 2 atom stereocenters. The summed E-state index contributed by atoms with van der Waals surface area (Å²) in [4.78, 5) is 42.1. The van der Waals surface area contributed by atoms with Crippen LogP contribution in [0.4, 0.5) is 5.82 Å². The molecule has 0 saturated carbocycles. The summed E-state index contributed by atoms with van der Waals surface area (Å²) in [6.45, 7) is 8.16. The van der Waals surface area contributed by atoms with E-state index in [0.29, 0.717) is 47.8 Å². The zero-order valence-electron chi connectivity index (χ0n) is 26.4. The number of fused-ring (bicyclic) bond motifs is 1. The number of benzene rings is 1. The maximum atomic E-state index is 13.8. The second kappa shape index (κ2) is 13.9. The quantitative estimate of drug-likeness (QED) is 0.285. The molecule has 5 heterocycles. The Labute approximate surface area is 269 Å². The monoisotopic (exact) mass is 632 g/mol. The summed E-state index contributed by atoms with van der Waals surface area (Å²) in [5.41, 5.74) is 3.66. The van der Waals surface area contributed by atoms with Gasteiger partial charge in [-0.25, -0.2) is 9.97 Å². The van der Waals surface area contributed by atoms with E-state index in [9.17, 15) is 14.7 Å². The Bertz CT molecular complexity index is 1500. The number of aliphatic hydroxyl groups excluding tert-OH is 1. The average molecular weight is 633 g/mol. The number of piperidine rings is 2. The molecule has 3 aromatic rings. The molecular formula is C33H44N8O3S. The Morgan fingerprint density at radius 3 is 2.49 bits per heavy atom. The third-order valence-electron chi connectivity index (χ3n) is 9.02. The Morgan fingerprint density at radius 2 is 1.78 bits per heavy atom. The van der Waals surface area contributed by atoms with Gasteiger partial charge in [-0.15, -0.1) is 0 Å². The molecular weight excluding hydrogens is 588 g/mol. The van der Waals surface area contributed by atoms with E-state index in [-0.39, 0.29) is 30.4 Å². The van der Waals surface area contributed by atoms with Gasteiger partial charge in [0.2, 0.25) is 0 Å². The highest BCUT2D eigenvalue weighted by atomic mass is 32.2. The normalized spacial score (nSPS) is 21.2. The van der Waals surface area contributed by atoms with Crippen molar-refractivity contribution in [1.29, 1.82) is 0 Å². The number of nitrogens with zero attached hydrogens (tertiary/aromatic N) is 7. The van der Waals surface area contributed by atoms with Gasteiger partial charge in [0.15, 0.2) is 5.16 Å². The molecule has 240 valence electrons. The van der Waals surface area contributed by atoms with Crippen LogP contribution in [0.3, 0.4) is 0 Å². The third kappa shape index (κ3) is 7.50. The summed E-state index contributed by atoms with van der Waals surface area (Å²) < 4.78 is 1.64. The van der Waals surface area contributed by atoms with Crippen molar-refractivity contribution in [3.05, 3.63) is 65.1 Å². The number of aryl methyl sites for hydroxylation is 1. The van der Waals surface area contributed by atoms with Crippen molar-refractivity contribution in [2.24, 2.45) is 13.0 Å². The second-order valence-corrected chi connectivity index (χ2v) is 13.9. The molecule has 2 saturated heterocycles. The van der Waals surface area contributed by atoms with E-state index in [2.05, 4.69) is 58.4 Å². The number of β-amino-alcohol motifs (C(OH)–C–C–N with tert-alkyl or cyclic N) is 1. The number of nitrogens with one attached hydrogen (secondary N) is 1. The van der Waals surface area contributed by atoms with Gasteiger partial charge in [-0.1, -0.05) is 49.9 Å². The Kier molecular flexibility index (Phi) is 9.72. The molecule has 0 bridgehead atoms. The standard InChI is InChI=1S/C33H44N8O3S/c1-22(2)21-45-33-36-27(16-30(37-33)35-26-9-13-39(14-10-26)31(43)25-17-34-38(3)18-25)32(44)41-15-11-28(29(42)20-41)40-12-8-23-6-4-5-7-24(23)19-40/h4-7,16-18,22,26,28-29,42H,8-15,19-21H2,1-3H3,(H,35,36,37)/t28-,29-/m1/s1. The lowest BCUT2D eigenvalue weighted by molar-refractivity contribution is -0.0139. The van der Waals surface area contributed by atoms with Crippen LogP contribution in [-0.2, 0) is 20.0 Å². The fourth-order valence-electron chi connectivity index (χ4n) is 6.56. The number of hydrogen-bond acceptors (Lipinski definition) is 9. The molecule has 2 amide bonds. The molecule has 0 radical (unpaired) electrons. The number of aliphatic hydroxyl groups is 1. The van der Waals surface area contributed by atoms with Crippen molar-refractivity contribution in [3.63, 3.8) is 0 Å². The van der Waals surface area contributed by atoms with Crippen molar-refractivity contribution in [2.45, 2.75) is 69.4 Å². The fraction of sp³-hybridized carbons (Fsp3) is 0.545. The number of hydrogen-bond donors (Lipinski definition) is 2. The summed E-state index contributed by atoms with van der Waals surface area (Å²) in [6.07, 6.45) is 5.98. The van der Waals surface area contributed by atoms with Crippen LogP contribution in [0.2, 0.25) is 0 Å². The largest absolute Gasteiger partial charge is 0.390 e. The van der Waals surface area contributed by atoms with Gasteiger partial charge in [-0.3, -0.25) is 19.2 Å². The molecule has 11 nitrogen and oxygen atoms in total. The summed E-state index contributed by atoms with van der Waals surface area (Å²) in [7, 11) is 1.81. The van der Waals surface area contributed by atoms with E-state index >= 15 is 0 Å². The first-order valence-corrected chi connectivity index (χ1v) is 17.1. The number of carbonyl (C=O) groups is 2. The SMILES string of the molecule is CC(C)CSc1nc(NC2CCN(C(=O)c3cnn(C)c3)CC2)cc(C(=O)N2CC[C@@H](N3CCc4ccccc4C3)[C@H](O)C2)n1. The van der Waals surface area contributed by atoms with Gasteiger partial charge in [0.1, 0.15) is 11.5 Å². The molecule has 45 heavy (non-hydrogen) atoms. The summed E-state index contributed by atoms with van der Waals surface area (Å²) in [5, 5.41) is 19.5. The molecule has 0 aliphatic carbocycles. The summed E-state index contributed by atoms with van der Waals surface area (Å²) >= 11 is 1.55. The maximum absolute atomic E-state index is 13.8. The van der Waals surface area contributed by atoms with Crippen LogP contribution in [0, 0.1) is 5.92 Å². The zero-order chi connectivity index (χ0) is 31.5. The molecule has 6 rings (SSSR count). The average Bonchev–Trinajstić information content (AvgIpc) is 3.49. The Hall–Kier alpha value is -3.48. The lowest BCUT2D eigenvalue weighted by Crippen LogP contribution is -2.56. The lowest BCUT2D eigenvalue weighted by atomic mass is 9.94. The fourth-order valence-corrected chi connectivity index (χ4v) is 7.37. The van der Waals surface area contributed by atoms with Crippen LogP contribution in [0.15, 0.2) is 47.9 Å². The van der Waals surface area contributed by atoms with Gasteiger partial charge in [0.25, 0.3) is 11.8 Å². The van der Waals surface area contributed by atoms with Crippen molar-refractivity contribution in [2.75, 3.05) is 43.8 Å². The van der Waals surface area contributed by atoms with Crippen molar-refractivity contribution < 1.29 is 14.7 Å². The topological polar surface area (TPSA) is 120 Å². The smallest absolute Gasteiger partial charge is 0.272 e. The number of likely N-dealkylation sites (tertiary alicyclic amines) is 2. The van der Waals surface area contributed by atoms with E-state index in [1.54, 1.807) is 46.9 Å². The second-order valence-electron chi connectivity index (χ2n) is 12.9. The first-order chi connectivity index (χ1) is 21.7. The van der Waals surface area contributed by atoms with Crippen LogP contribution in [0.25, 0.3) is 0 Å². The van der Waals surface area contributed by atoms with Crippen molar-refractivity contribution in [1.82, 2.24) is 34.4 Å². The van der Waals surface area contributed by atoms with Gasteiger partial charge in [-0.2, -0.15) is 5.10 Å². The molecule has 2 aromatic heterocycles. The Morgan fingerprint density at radius 1 is 1.02 bits per heavy atom. The van der Waals surface area contributed by atoms with Crippen molar-refractivity contribution in [3.8, 4) is 0 Å². The minimum Gasteiger partial charge on any atom is -0.390 e. The highest BCUT2D eigenvalue weighted by molar-refractivity contribution is 7.99. The minimum atomic E-state index is -0.623. The highest BCUT2D eigenvalue weighted by Crippen LogP contribution is 2.27. The van der Waals surface area contributed by atoms with E-state index in [1.165, 1.54) is 11.1 Å². The first kappa shape index (κ1) is 31.5. The van der Waals surface area contributed by atoms with E-state index in [0.717, 1.165) is 44.5 Å². The third-order valence-corrected chi connectivity index (χ3v) is 10.3. The molecule has 0 unspecified atom stereocenters. The van der Waals surface area contributed by atoms with Crippen LogP contribution in [-0.4, -0.2) is 108 Å². The number of anilines is 1. The molecule has 12 heteroatoms. The van der Waals surface area contributed by atoms with Crippen molar-refractivity contribution >= 4 is 29.4 Å². The molecule has 3 aliphatic heterocycles.